The van der Waals surface area contributed by atoms with Gasteiger partial charge in [0.05, 0.1) is 6.42 Å². The molecule has 0 bridgehead atoms. The maximum Gasteiger partial charge on any atom is 0.306 e. The average molecular weight is 404 g/mol. The van der Waals surface area contributed by atoms with Crippen LogP contribution in [0.3, 0.4) is 0 Å². The van der Waals surface area contributed by atoms with Crippen molar-refractivity contribution in [3.8, 4) is 11.5 Å². The number of carbonyl (C=O) groups excluding carboxylic acids is 2. The number of ketones is 1. The fourth-order valence-electron chi connectivity index (χ4n) is 3.61. The monoisotopic (exact) mass is 404 g/mol. The van der Waals surface area contributed by atoms with Crippen LogP contribution in [-0.4, -0.2) is 21.9 Å². The van der Waals surface area contributed by atoms with E-state index in [1.807, 2.05) is 49.4 Å². The zero-order chi connectivity index (χ0) is 20.9. The molecule has 1 heterocycles. The Morgan fingerprint density at radius 1 is 1.00 bits per heavy atom. The number of rotatable bonds is 7. The lowest BCUT2D eigenvalue weighted by atomic mass is 9.89. The Bertz CT molecular complexity index is 1050. The number of hydrogen-bond acceptors (Lipinski definition) is 6. The molecule has 0 spiro atoms. The molecule has 0 aliphatic heterocycles. The number of aromatic nitrogens is 2. The molecule has 0 unspecified atom stereocenters. The van der Waals surface area contributed by atoms with Crippen LogP contribution in [0.4, 0.5) is 0 Å². The number of nitrogens with zero attached hydrogens (tertiary/aromatic N) is 2. The number of carbonyl (C=O) groups is 2. The van der Waals surface area contributed by atoms with Gasteiger partial charge in [0, 0.05) is 17.5 Å². The first-order chi connectivity index (χ1) is 14.6. The molecular formula is C24H24N2O4. The van der Waals surface area contributed by atoms with Crippen molar-refractivity contribution >= 4 is 11.8 Å². The van der Waals surface area contributed by atoms with Crippen molar-refractivity contribution in [2.75, 3.05) is 0 Å². The summed E-state index contributed by atoms with van der Waals surface area (Å²) in [5, 5.41) is 3.84. The largest absolute Gasteiger partial charge is 0.457 e. The van der Waals surface area contributed by atoms with Crippen molar-refractivity contribution in [3.63, 3.8) is 0 Å². The lowest BCUT2D eigenvalue weighted by molar-refractivity contribution is -0.145. The summed E-state index contributed by atoms with van der Waals surface area (Å²) in [6.45, 7) is 1.92. The van der Waals surface area contributed by atoms with Gasteiger partial charge in [0.15, 0.2) is 12.4 Å². The van der Waals surface area contributed by atoms with Gasteiger partial charge in [0.2, 0.25) is 5.82 Å². The van der Waals surface area contributed by atoms with E-state index >= 15 is 0 Å². The fraction of sp³-hybridized carbons (Fsp3) is 0.333. The zero-order valence-corrected chi connectivity index (χ0v) is 17.0. The van der Waals surface area contributed by atoms with Gasteiger partial charge in [0.1, 0.15) is 0 Å². The van der Waals surface area contributed by atoms with Gasteiger partial charge in [0.25, 0.3) is 5.89 Å². The van der Waals surface area contributed by atoms with E-state index in [0.717, 1.165) is 24.0 Å². The Morgan fingerprint density at radius 2 is 1.77 bits per heavy atom. The molecule has 6 nitrogen and oxygen atoms in total. The second kappa shape index (κ2) is 9.03. The van der Waals surface area contributed by atoms with E-state index in [1.165, 1.54) is 24.0 Å². The SMILES string of the molecule is Cc1ccc(-c2nc(COC(=O)CCC(=O)c3ccc4c(c3)CCCC4)no2)cc1. The van der Waals surface area contributed by atoms with Crippen molar-refractivity contribution < 1.29 is 18.8 Å². The predicted octanol–water partition coefficient (Wildman–Crippen LogP) is 4.63. The van der Waals surface area contributed by atoms with Crippen molar-refractivity contribution in [1.29, 1.82) is 0 Å². The van der Waals surface area contributed by atoms with E-state index in [2.05, 4.69) is 10.1 Å². The van der Waals surface area contributed by atoms with Gasteiger partial charge in [-0.3, -0.25) is 9.59 Å². The molecule has 1 aromatic heterocycles. The van der Waals surface area contributed by atoms with Crippen LogP contribution in [0.15, 0.2) is 47.0 Å². The van der Waals surface area contributed by atoms with E-state index in [0.29, 0.717) is 17.3 Å². The van der Waals surface area contributed by atoms with E-state index in [9.17, 15) is 9.59 Å². The highest BCUT2D eigenvalue weighted by Crippen LogP contribution is 2.23. The van der Waals surface area contributed by atoms with Crippen molar-refractivity contribution in [2.45, 2.75) is 52.1 Å². The van der Waals surface area contributed by atoms with Crippen molar-refractivity contribution in [3.05, 3.63) is 70.5 Å². The summed E-state index contributed by atoms with van der Waals surface area (Å²) >= 11 is 0. The number of aryl methyl sites for hydroxylation is 3. The topological polar surface area (TPSA) is 82.3 Å². The molecule has 0 radical (unpaired) electrons. The molecule has 2 aromatic carbocycles. The average Bonchev–Trinajstić information content (AvgIpc) is 3.25. The Hall–Kier alpha value is -3.28. The quantitative estimate of drug-likeness (QED) is 0.422. The van der Waals surface area contributed by atoms with Crippen LogP contribution in [0.2, 0.25) is 0 Å². The van der Waals surface area contributed by atoms with Crippen LogP contribution in [0.5, 0.6) is 0 Å². The number of hydrogen-bond donors (Lipinski definition) is 0. The highest BCUT2D eigenvalue weighted by atomic mass is 16.5. The van der Waals surface area contributed by atoms with Gasteiger partial charge in [-0.2, -0.15) is 4.98 Å². The second-order valence-corrected chi connectivity index (χ2v) is 7.66. The van der Waals surface area contributed by atoms with E-state index in [4.69, 9.17) is 9.26 Å². The van der Waals surface area contributed by atoms with Gasteiger partial charge < -0.3 is 9.26 Å². The molecule has 4 rings (SSSR count). The normalized spacial score (nSPS) is 13.0. The smallest absolute Gasteiger partial charge is 0.306 e. The minimum Gasteiger partial charge on any atom is -0.457 e. The summed E-state index contributed by atoms with van der Waals surface area (Å²) in [6.07, 6.45) is 4.63. The molecule has 0 saturated carbocycles. The van der Waals surface area contributed by atoms with Crippen molar-refractivity contribution in [1.82, 2.24) is 10.1 Å². The molecule has 0 fully saturated rings. The highest BCUT2D eigenvalue weighted by molar-refractivity contribution is 5.97. The third-order valence-corrected chi connectivity index (χ3v) is 5.36. The van der Waals surface area contributed by atoms with E-state index in [1.54, 1.807) is 0 Å². The molecule has 154 valence electrons. The van der Waals surface area contributed by atoms with Gasteiger partial charge >= 0.3 is 5.97 Å². The first-order valence-electron chi connectivity index (χ1n) is 10.3. The fourth-order valence-corrected chi connectivity index (χ4v) is 3.61. The molecule has 1 aliphatic carbocycles. The molecule has 6 heteroatoms. The number of ether oxygens (including phenoxy) is 1. The molecule has 0 saturated heterocycles. The summed E-state index contributed by atoms with van der Waals surface area (Å²) < 4.78 is 10.4. The zero-order valence-electron chi connectivity index (χ0n) is 17.0. The third kappa shape index (κ3) is 4.82. The van der Waals surface area contributed by atoms with Gasteiger partial charge in [-0.25, -0.2) is 0 Å². The molecular weight excluding hydrogens is 380 g/mol. The van der Waals surface area contributed by atoms with Crippen LogP contribution in [0.25, 0.3) is 11.5 Å². The van der Waals surface area contributed by atoms with E-state index < -0.39 is 5.97 Å². The summed E-state index contributed by atoms with van der Waals surface area (Å²) in [6, 6.07) is 13.6. The Labute approximate surface area is 175 Å². The lowest BCUT2D eigenvalue weighted by Gasteiger charge is -2.16. The van der Waals surface area contributed by atoms with Crippen LogP contribution >= 0.6 is 0 Å². The molecule has 0 amide bonds. The Morgan fingerprint density at radius 3 is 2.57 bits per heavy atom. The first kappa shape index (κ1) is 20.0. The van der Waals surface area contributed by atoms with E-state index in [-0.39, 0.29) is 25.2 Å². The number of benzene rings is 2. The summed E-state index contributed by atoms with van der Waals surface area (Å²) in [7, 11) is 0. The molecule has 1 aliphatic rings. The summed E-state index contributed by atoms with van der Waals surface area (Å²) in [5.74, 6) is 0.174. The minimum absolute atomic E-state index is 0.0264. The van der Waals surface area contributed by atoms with Crippen LogP contribution in [-0.2, 0) is 29.0 Å². The number of Topliss-reactive ketones (excluding diaryl/α,β-unsaturated/α-hetero) is 1. The molecule has 30 heavy (non-hydrogen) atoms. The van der Waals surface area contributed by atoms with Crippen LogP contribution in [0, 0.1) is 6.92 Å². The highest BCUT2D eigenvalue weighted by Gasteiger charge is 2.15. The molecule has 0 N–H and O–H groups in total. The number of fused-ring (bicyclic) bond motifs is 1. The van der Waals surface area contributed by atoms with Gasteiger partial charge in [-0.15, -0.1) is 0 Å². The number of esters is 1. The molecule has 0 atom stereocenters. The van der Waals surface area contributed by atoms with Crippen LogP contribution < -0.4 is 0 Å². The maximum absolute atomic E-state index is 12.4. The second-order valence-electron chi connectivity index (χ2n) is 7.66. The Kier molecular flexibility index (Phi) is 6.02. The standard InChI is InChI=1S/C24H24N2O4/c1-16-6-8-18(9-7-16)24-25-22(26-30-24)15-29-23(28)13-12-21(27)20-11-10-17-4-2-3-5-19(17)14-20/h6-11,14H,2-5,12-13,15H2,1H3. The third-order valence-electron chi connectivity index (χ3n) is 5.36. The minimum atomic E-state index is -0.456. The Balaban J connectivity index is 1.26. The lowest BCUT2D eigenvalue weighted by Crippen LogP contribution is -2.10. The van der Waals surface area contributed by atoms with Gasteiger partial charge in [-0.05, 0) is 61.9 Å². The summed E-state index contributed by atoms with van der Waals surface area (Å²) in [5.41, 5.74) is 5.21. The first-order valence-corrected chi connectivity index (χ1v) is 10.3. The predicted molar refractivity (Wildman–Crippen MR) is 111 cm³/mol. The maximum atomic E-state index is 12.4. The van der Waals surface area contributed by atoms with Gasteiger partial charge in [-0.1, -0.05) is 35.0 Å². The van der Waals surface area contributed by atoms with Crippen molar-refractivity contribution in [2.24, 2.45) is 0 Å². The van der Waals surface area contributed by atoms with Crippen LogP contribution in [0.1, 0.15) is 58.6 Å². The molecule has 3 aromatic rings. The summed E-state index contributed by atoms with van der Waals surface area (Å²) in [4.78, 5) is 28.7.